The quantitative estimate of drug-likeness (QED) is 0.584. The standard InChI is InChI=1S/C22H25ClN2O2/c1-16(15-26-2)24-14-19-12-18-8-9-20(23)13-21(18)25-22(19)27-11-10-17-6-4-3-5-7-17/h3-9,12-13,16,24H,10-11,14-15H2,1-2H3. The minimum absolute atomic E-state index is 0.244. The van der Waals surface area contributed by atoms with Crippen LogP contribution >= 0.6 is 11.6 Å². The Bertz CT molecular complexity index is 871. The lowest BCUT2D eigenvalue weighted by atomic mass is 10.1. The maximum Gasteiger partial charge on any atom is 0.218 e. The van der Waals surface area contributed by atoms with Crippen molar-refractivity contribution >= 4 is 22.5 Å². The van der Waals surface area contributed by atoms with Gasteiger partial charge >= 0.3 is 0 Å². The first-order valence-corrected chi connectivity index (χ1v) is 9.51. The molecule has 142 valence electrons. The van der Waals surface area contributed by atoms with Gasteiger partial charge in [-0.25, -0.2) is 4.98 Å². The van der Waals surface area contributed by atoms with Gasteiger partial charge in [0.25, 0.3) is 0 Å². The van der Waals surface area contributed by atoms with E-state index in [0.29, 0.717) is 30.7 Å². The Balaban J connectivity index is 1.77. The SMILES string of the molecule is COCC(C)NCc1cc2ccc(Cl)cc2nc1OCCc1ccccc1. The molecule has 0 amide bonds. The topological polar surface area (TPSA) is 43.4 Å². The second kappa shape index (κ2) is 9.70. The van der Waals surface area contributed by atoms with Crippen LogP contribution in [0.25, 0.3) is 10.9 Å². The number of rotatable bonds is 9. The second-order valence-corrected chi connectivity index (χ2v) is 7.05. The number of methoxy groups -OCH3 is 1. The van der Waals surface area contributed by atoms with Gasteiger partial charge in [0.15, 0.2) is 0 Å². The van der Waals surface area contributed by atoms with Crippen molar-refractivity contribution in [3.8, 4) is 5.88 Å². The maximum atomic E-state index is 6.13. The highest BCUT2D eigenvalue weighted by Crippen LogP contribution is 2.25. The monoisotopic (exact) mass is 384 g/mol. The summed E-state index contributed by atoms with van der Waals surface area (Å²) in [5.74, 6) is 0.651. The van der Waals surface area contributed by atoms with Crippen molar-refractivity contribution in [2.75, 3.05) is 20.3 Å². The molecule has 0 spiro atoms. The molecule has 3 aromatic rings. The van der Waals surface area contributed by atoms with Crippen LogP contribution in [0, 0.1) is 0 Å². The predicted octanol–water partition coefficient (Wildman–Crippen LogP) is 4.63. The molecule has 1 aromatic heterocycles. The fraction of sp³-hybridized carbons (Fsp3) is 0.318. The summed E-state index contributed by atoms with van der Waals surface area (Å²) in [4.78, 5) is 4.71. The largest absolute Gasteiger partial charge is 0.477 e. The number of fused-ring (bicyclic) bond motifs is 1. The Morgan fingerprint density at radius 2 is 1.93 bits per heavy atom. The summed E-state index contributed by atoms with van der Waals surface area (Å²) < 4.78 is 11.3. The van der Waals surface area contributed by atoms with Crippen LogP contribution in [-0.4, -0.2) is 31.3 Å². The maximum absolute atomic E-state index is 6.13. The molecule has 0 bridgehead atoms. The number of ether oxygens (including phenoxy) is 2. The van der Waals surface area contributed by atoms with Gasteiger partial charge in [-0.15, -0.1) is 0 Å². The van der Waals surface area contributed by atoms with Gasteiger partial charge in [0.1, 0.15) is 0 Å². The summed E-state index contributed by atoms with van der Waals surface area (Å²) in [7, 11) is 1.71. The van der Waals surface area contributed by atoms with E-state index in [2.05, 4.69) is 30.4 Å². The van der Waals surface area contributed by atoms with Crippen LogP contribution in [0.5, 0.6) is 5.88 Å². The van der Waals surface area contributed by atoms with Gasteiger partial charge < -0.3 is 14.8 Å². The van der Waals surface area contributed by atoms with Crippen LogP contribution in [0.4, 0.5) is 0 Å². The smallest absolute Gasteiger partial charge is 0.218 e. The van der Waals surface area contributed by atoms with Gasteiger partial charge in [-0.3, -0.25) is 0 Å². The summed E-state index contributed by atoms with van der Waals surface area (Å²) >= 11 is 6.13. The number of pyridine rings is 1. The fourth-order valence-electron chi connectivity index (χ4n) is 2.92. The van der Waals surface area contributed by atoms with E-state index in [4.69, 9.17) is 26.1 Å². The van der Waals surface area contributed by atoms with Crippen molar-refractivity contribution < 1.29 is 9.47 Å². The highest BCUT2D eigenvalue weighted by molar-refractivity contribution is 6.31. The van der Waals surface area contributed by atoms with Crippen molar-refractivity contribution in [2.24, 2.45) is 0 Å². The van der Waals surface area contributed by atoms with Gasteiger partial charge in [0.2, 0.25) is 5.88 Å². The Labute approximate surface area is 165 Å². The average Bonchev–Trinajstić information content (AvgIpc) is 2.67. The van der Waals surface area contributed by atoms with Gasteiger partial charge in [-0.1, -0.05) is 48.0 Å². The molecule has 0 saturated carbocycles. The van der Waals surface area contributed by atoms with Crippen molar-refractivity contribution in [3.05, 3.63) is 70.7 Å². The molecule has 0 aliphatic carbocycles. The first-order valence-electron chi connectivity index (χ1n) is 9.14. The molecule has 1 heterocycles. The Morgan fingerprint density at radius 3 is 2.70 bits per heavy atom. The van der Waals surface area contributed by atoms with E-state index in [9.17, 15) is 0 Å². The zero-order valence-corrected chi connectivity index (χ0v) is 16.5. The molecule has 1 unspecified atom stereocenters. The molecular weight excluding hydrogens is 360 g/mol. The molecule has 4 nitrogen and oxygen atoms in total. The van der Waals surface area contributed by atoms with E-state index in [1.54, 1.807) is 7.11 Å². The summed E-state index contributed by atoms with van der Waals surface area (Å²) in [6, 6.07) is 18.4. The highest BCUT2D eigenvalue weighted by atomic mass is 35.5. The molecule has 5 heteroatoms. The second-order valence-electron chi connectivity index (χ2n) is 6.61. The van der Waals surface area contributed by atoms with Gasteiger partial charge in [0.05, 0.1) is 18.7 Å². The molecule has 0 radical (unpaired) electrons. The van der Waals surface area contributed by atoms with Crippen LogP contribution in [0.15, 0.2) is 54.6 Å². The third-order valence-electron chi connectivity index (χ3n) is 4.35. The van der Waals surface area contributed by atoms with E-state index in [0.717, 1.165) is 22.9 Å². The van der Waals surface area contributed by atoms with Crippen LogP contribution < -0.4 is 10.1 Å². The van der Waals surface area contributed by atoms with E-state index >= 15 is 0 Å². The third-order valence-corrected chi connectivity index (χ3v) is 4.58. The zero-order valence-electron chi connectivity index (χ0n) is 15.7. The molecule has 2 aromatic carbocycles. The zero-order chi connectivity index (χ0) is 19.1. The van der Waals surface area contributed by atoms with E-state index in [1.165, 1.54) is 5.56 Å². The number of halogens is 1. The summed E-state index contributed by atoms with van der Waals surface area (Å²) in [6.07, 6.45) is 0.836. The van der Waals surface area contributed by atoms with E-state index in [-0.39, 0.29) is 6.04 Å². The van der Waals surface area contributed by atoms with Crippen molar-refractivity contribution in [2.45, 2.75) is 25.9 Å². The molecule has 0 saturated heterocycles. The van der Waals surface area contributed by atoms with E-state index < -0.39 is 0 Å². The molecule has 27 heavy (non-hydrogen) atoms. The van der Waals surface area contributed by atoms with Crippen LogP contribution in [0.3, 0.4) is 0 Å². The molecule has 0 fully saturated rings. The number of hydrogen-bond donors (Lipinski definition) is 1. The predicted molar refractivity (Wildman–Crippen MR) is 111 cm³/mol. The molecule has 3 rings (SSSR count). The van der Waals surface area contributed by atoms with Crippen LogP contribution in [0.2, 0.25) is 5.02 Å². The van der Waals surface area contributed by atoms with Gasteiger partial charge in [0, 0.05) is 42.1 Å². The number of nitrogens with one attached hydrogen (secondary N) is 1. The highest BCUT2D eigenvalue weighted by Gasteiger charge is 2.11. The lowest BCUT2D eigenvalue weighted by molar-refractivity contribution is 0.171. The molecule has 1 N–H and O–H groups in total. The summed E-state index contributed by atoms with van der Waals surface area (Å²) in [5, 5.41) is 5.17. The van der Waals surface area contributed by atoms with Crippen molar-refractivity contribution in [1.82, 2.24) is 10.3 Å². The summed E-state index contributed by atoms with van der Waals surface area (Å²) in [5.41, 5.74) is 3.11. The van der Waals surface area contributed by atoms with Crippen molar-refractivity contribution in [3.63, 3.8) is 0 Å². The number of benzene rings is 2. The summed E-state index contributed by atoms with van der Waals surface area (Å²) in [6.45, 7) is 3.98. The third kappa shape index (κ3) is 5.67. The van der Waals surface area contributed by atoms with Crippen LogP contribution in [0.1, 0.15) is 18.1 Å². The Morgan fingerprint density at radius 1 is 1.11 bits per heavy atom. The number of nitrogens with zero attached hydrogens (tertiary/aromatic N) is 1. The molecule has 1 atom stereocenters. The lowest BCUT2D eigenvalue weighted by Crippen LogP contribution is -2.29. The number of aromatic nitrogens is 1. The molecule has 0 aliphatic heterocycles. The number of hydrogen-bond acceptors (Lipinski definition) is 4. The van der Waals surface area contributed by atoms with Crippen molar-refractivity contribution in [1.29, 1.82) is 0 Å². The lowest BCUT2D eigenvalue weighted by Gasteiger charge is -2.16. The average molecular weight is 385 g/mol. The van der Waals surface area contributed by atoms with E-state index in [1.807, 2.05) is 36.4 Å². The molecule has 0 aliphatic rings. The molecular formula is C22H25ClN2O2. The Hall–Kier alpha value is -2.14. The van der Waals surface area contributed by atoms with Gasteiger partial charge in [-0.2, -0.15) is 0 Å². The Kier molecular flexibility index (Phi) is 7.04. The fourth-order valence-corrected chi connectivity index (χ4v) is 3.09. The van der Waals surface area contributed by atoms with Crippen LogP contribution in [-0.2, 0) is 17.7 Å². The normalized spacial score (nSPS) is 12.3. The first-order chi connectivity index (χ1) is 13.2. The first kappa shape index (κ1) is 19.6. The minimum Gasteiger partial charge on any atom is -0.477 e. The minimum atomic E-state index is 0.244. The van der Waals surface area contributed by atoms with Gasteiger partial charge in [-0.05, 0) is 30.7 Å².